The van der Waals surface area contributed by atoms with Crippen molar-refractivity contribution in [3.63, 3.8) is 0 Å². The second-order valence-corrected chi connectivity index (χ2v) is 5.17. The van der Waals surface area contributed by atoms with Gasteiger partial charge in [-0.1, -0.05) is 42.0 Å². The number of nitrogens with one attached hydrogen (secondary N) is 2. The minimum Gasteiger partial charge on any atom is -0.355 e. The highest BCUT2D eigenvalue weighted by Crippen LogP contribution is 2.29. The number of anilines is 2. The molecule has 0 saturated heterocycles. The molecule has 0 heterocycles. The Kier molecular flexibility index (Phi) is 3.76. The van der Waals surface area contributed by atoms with Crippen LogP contribution in [-0.2, 0) is 0 Å². The van der Waals surface area contributed by atoms with Crippen molar-refractivity contribution in [1.29, 1.82) is 0 Å². The molecule has 3 rings (SSSR count). The van der Waals surface area contributed by atoms with E-state index >= 15 is 0 Å². The van der Waals surface area contributed by atoms with Gasteiger partial charge in [0.05, 0.1) is 0 Å². The second kappa shape index (κ2) is 5.87. The molecule has 22 heavy (non-hydrogen) atoms. The van der Waals surface area contributed by atoms with Crippen molar-refractivity contribution in [2.45, 2.75) is 6.92 Å². The van der Waals surface area contributed by atoms with E-state index in [1.165, 1.54) is 5.56 Å². The van der Waals surface area contributed by atoms with E-state index in [0.717, 1.165) is 22.1 Å². The summed E-state index contributed by atoms with van der Waals surface area (Å²) in [5.74, 6) is 4.96. The zero-order chi connectivity index (χ0) is 15.5. The molecule has 3 aromatic rings. The predicted molar refractivity (Wildman–Crippen MR) is 90.1 cm³/mol. The first kappa shape index (κ1) is 14.1. The van der Waals surface area contributed by atoms with Gasteiger partial charge in [0.1, 0.15) is 0 Å². The number of amides is 1. The van der Waals surface area contributed by atoms with Crippen LogP contribution in [0.25, 0.3) is 10.8 Å². The van der Waals surface area contributed by atoms with Crippen LogP contribution in [0.3, 0.4) is 0 Å². The molecule has 0 fully saturated rings. The first-order valence-electron chi connectivity index (χ1n) is 7.05. The standard InChI is InChI=1S/C18H17N3O/c1-12-6-8-13(9-7-12)20-17-11-10-16(18(22)21-19)14-4-2-3-5-15(14)17/h2-11,20H,19H2,1H3,(H,21,22). The molecule has 0 saturated carbocycles. The van der Waals surface area contributed by atoms with E-state index in [1.807, 2.05) is 42.5 Å². The lowest BCUT2D eigenvalue weighted by atomic mass is 10.0. The summed E-state index contributed by atoms with van der Waals surface area (Å²) in [5, 5.41) is 5.23. The normalized spacial score (nSPS) is 10.5. The number of hydrogen-bond donors (Lipinski definition) is 3. The van der Waals surface area contributed by atoms with Crippen molar-refractivity contribution >= 4 is 28.1 Å². The molecule has 1 amide bonds. The summed E-state index contributed by atoms with van der Waals surface area (Å²) in [4.78, 5) is 11.9. The molecule has 3 aromatic carbocycles. The third-order valence-electron chi connectivity index (χ3n) is 3.63. The predicted octanol–water partition coefficient (Wildman–Crippen LogP) is 3.50. The van der Waals surface area contributed by atoms with Crippen LogP contribution in [0.5, 0.6) is 0 Å². The lowest BCUT2D eigenvalue weighted by Crippen LogP contribution is -2.30. The fraction of sp³-hybridized carbons (Fsp3) is 0.0556. The van der Waals surface area contributed by atoms with E-state index < -0.39 is 0 Å². The average Bonchev–Trinajstić information content (AvgIpc) is 2.56. The first-order valence-corrected chi connectivity index (χ1v) is 7.05. The number of hydrogen-bond acceptors (Lipinski definition) is 3. The van der Waals surface area contributed by atoms with Gasteiger partial charge in [0, 0.05) is 22.3 Å². The van der Waals surface area contributed by atoms with Gasteiger partial charge in [0.2, 0.25) is 0 Å². The SMILES string of the molecule is Cc1ccc(Nc2ccc(C(=O)NN)c3ccccc23)cc1. The Morgan fingerprint density at radius 2 is 1.59 bits per heavy atom. The average molecular weight is 291 g/mol. The Morgan fingerprint density at radius 3 is 2.27 bits per heavy atom. The first-order chi connectivity index (χ1) is 10.7. The highest BCUT2D eigenvalue weighted by Gasteiger charge is 2.11. The van der Waals surface area contributed by atoms with E-state index in [0.29, 0.717) is 5.56 Å². The van der Waals surface area contributed by atoms with Gasteiger partial charge in [-0.3, -0.25) is 10.2 Å². The maximum atomic E-state index is 11.9. The minimum atomic E-state index is -0.293. The number of aryl methyl sites for hydroxylation is 1. The number of hydrazine groups is 1. The molecule has 4 heteroatoms. The van der Waals surface area contributed by atoms with E-state index in [-0.39, 0.29) is 5.91 Å². The molecule has 0 aromatic heterocycles. The summed E-state index contributed by atoms with van der Waals surface area (Å²) < 4.78 is 0. The summed E-state index contributed by atoms with van der Waals surface area (Å²) >= 11 is 0. The van der Waals surface area contributed by atoms with Crippen LogP contribution in [0.2, 0.25) is 0 Å². The van der Waals surface area contributed by atoms with Gasteiger partial charge in [-0.25, -0.2) is 5.84 Å². The van der Waals surface area contributed by atoms with Crippen LogP contribution in [0.1, 0.15) is 15.9 Å². The maximum Gasteiger partial charge on any atom is 0.265 e. The molecule has 0 aliphatic heterocycles. The Morgan fingerprint density at radius 1 is 0.909 bits per heavy atom. The summed E-state index contributed by atoms with van der Waals surface area (Å²) in [6.07, 6.45) is 0. The molecular formula is C18H17N3O. The highest BCUT2D eigenvalue weighted by molar-refractivity contribution is 6.10. The lowest BCUT2D eigenvalue weighted by Gasteiger charge is -2.12. The number of rotatable bonds is 3. The molecule has 0 unspecified atom stereocenters. The molecule has 110 valence electrons. The quantitative estimate of drug-likeness (QED) is 0.393. The Labute approximate surface area is 128 Å². The van der Waals surface area contributed by atoms with E-state index in [9.17, 15) is 4.79 Å². The number of benzene rings is 3. The Hall–Kier alpha value is -2.85. The fourth-order valence-corrected chi connectivity index (χ4v) is 2.48. The van der Waals surface area contributed by atoms with Gasteiger partial charge >= 0.3 is 0 Å². The van der Waals surface area contributed by atoms with Crippen LogP contribution < -0.4 is 16.6 Å². The van der Waals surface area contributed by atoms with Crippen LogP contribution in [0.15, 0.2) is 60.7 Å². The third-order valence-corrected chi connectivity index (χ3v) is 3.63. The highest BCUT2D eigenvalue weighted by atomic mass is 16.2. The van der Waals surface area contributed by atoms with Crippen LogP contribution in [-0.4, -0.2) is 5.91 Å². The molecule has 4 N–H and O–H groups in total. The van der Waals surface area contributed by atoms with Crippen LogP contribution in [0.4, 0.5) is 11.4 Å². The van der Waals surface area contributed by atoms with Gasteiger partial charge in [0.25, 0.3) is 5.91 Å². The molecule has 0 bridgehead atoms. The minimum absolute atomic E-state index is 0.293. The number of nitrogen functional groups attached to an aromatic ring is 1. The monoisotopic (exact) mass is 291 g/mol. The summed E-state index contributed by atoms with van der Waals surface area (Å²) in [7, 11) is 0. The summed E-state index contributed by atoms with van der Waals surface area (Å²) in [6, 6.07) is 19.6. The third kappa shape index (κ3) is 2.64. The molecule has 4 nitrogen and oxygen atoms in total. The zero-order valence-corrected chi connectivity index (χ0v) is 12.3. The van der Waals surface area contributed by atoms with Crippen molar-refractivity contribution in [3.8, 4) is 0 Å². The van der Waals surface area contributed by atoms with E-state index in [4.69, 9.17) is 5.84 Å². The fourth-order valence-electron chi connectivity index (χ4n) is 2.48. The summed E-state index contributed by atoms with van der Waals surface area (Å²) in [6.45, 7) is 2.05. The van der Waals surface area contributed by atoms with Gasteiger partial charge in [0.15, 0.2) is 0 Å². The van der Waals surface area contributed by atoms with Crippen molar-refractivity contribution in [3.05, 3.63) is 71.8 Å². The molecular weight excluding hydrogens is 274 g/mol. The molecule has 0 radical (unpaired) electrons. The summed E-state index contributed by atoms with van der Waals surface area (Å²) in [5.41, 5.74) is 5.92. The van der Waals surface area contributed by atoms with Crippen molar-refractivity contribution in [2.24, 2.45) is 5.84 Å². The topological polar surface area (TPSA) is 67.2 Å². The zero-order valence-electron chi connectivity index (χ0n) is 12.3. The number of carbonyl (C=O) groups is 1. The van der Waals surface area contributed by atoms with Crippen molar-refractivity contribution in [2.75, 3.05) is 5.32 Å². The van der Waals surface area contributed by atoms with Crippen molar-refractivity contribution < 1.29 is 4.79 Å². The second-order valence-electron chi connectivity index (χ2n) is 5.17. The molecule has 0 atom stereocenters. The Bertz CT molecular complexity index is 825. The number of carbonyl (C=O) groups excluding carboxylic acids is 1. The molecule has 0 spiro atoms. The van der Waals surface area contributed by atoms with Gasteiger partial charge in [-0.05, 0) is 36.6 Å². The van der Waals surface area contributed by atoms with Gasteiger partial charge in [-0.15, -0.1) is 0 Å². The van der Waals surface area contributed by atoms with Crippen molar-refractivity contribution in [1.82, 2.24) is 5.43 Å². The molecule has 0 aliphatic rings. The number of fused-ring (bicyclic) bond motifs is 1. The van der Waals surface area contributed by atoms with E-state index in [2.05, 4.69) is 29.8 Å². The van der Waals surface area contributed by atoms with Crippen LogP contribution in [0, 0.1) is 6.92 Å². The smallest absolute Gasteiger partial charge is 0.265 e. The van der Waals surface area contributed by atoms with Gasteiger partial charge < -0.3 is 5.32 Å². The number of nitrogens with two attached hydrogens (primary N) is 1. The van der Waals surface area contributed by atoms with Gasteiger partial charge in [-0.2, -0.15) is 0 Å². The largest absolute Gasteiger partial charge is 0.355 e. The lowest BCUT2D eigenvalue weighted by molar-refractivity contribution is 0.0955. The Balaban J connectivity index is 2.07. The van der Waals surface area contributed by atoms with Crippen LogP contribution >= 0.6 is 0 Å². The molecule has 0 aliphatic carbocycles. The maximum absolute atomic E-state index is 11.9. The van der Waals surface area contributed by atoms with E-state index in [1.54, 1.807) is 6.07 Å².